The minimum atomic E-state index is -0.650. The number of amides is 1. The molecule has 86 valence electrons. The van der Waals surface area contributed by atoms with Gasteiger partial charge in [0.1, 0.15) is 18.8 Å². The zero-order valence-electron chi connectivity index (χ0n) is 8.82. The Balaban J connectivity index is 2.07. The van der Waals surface area contributed by atoms with Crippen molar-refractivity contribution in [1.82, 2.24) is 5.32 Å². The third-order valence-corrected chi connectivity index (χ3v) is 1.87. The SMILES string of the molecule is COC(=O)[C@H](C)NC(=O)COCC1CO1. The van der Waals surface area contributed by atoms with Gasteiger partial charge in [-0.25, -0.2) is 4.79 Å². The lowest BCUT2D eigenvalue weighted by Gasteiger charge is -2.11. The summed E-state index contributed by atoms with van der Waals surface area (Å²) in [7, 11) is 1.27. The van der Waals surface area contributed by atoms with Gasteiger partial charge in [0.15, 0.2) is 0 Å². The lowest BCUT2D eigenvalue weighted by molar-refractivity contribution is -0.145. The zero-order valence-corrected chi connectivity index (χ0v) is 8.82. The molecule has 0 aliphatic carbocycles. The van der Waals surface area contributed by atoms with E-state index in [0.717, 1.165) is 0 Å². The van der Waals surface area contributed by atoms with Crippen molar-refractivity contribution in [2.75, 3.05) is 26.9 Å². The van der Waals surface area contributed by atoms with E-state index in [0.29, 0.717) is 13.2 Å². The molecule has 1 rings (SSSR count). The monoisotopic (exact) mass is 217 g/mol. The highest BCUT2D eigenvalue weighted by Gasteiger charge is 2.23. The third-order valence-electron chi connectivity index (χ3n) is 1.87. The topological polar surface area (TPSA) is 77.2 Å². The van der Waals surface area contributed by atoms with Crippen LogP contribution in [0.3, 0.4) is 0 Å². The van der Waals surface area contributed by atoms with E-state index in [1.807, 2.05) is 0 Å². The van der Waals surface area contributed by atoms with Gasteiger partial charge in [0.25, 0.3) is 0 Å². The molecule has 6 nitrogen and oxygen atoms in total. The molecule has 0 spiro atoms. The molecule has 0 saturated carbocycles. The van der Waals surface area contributed by atoms with Crippen LogP contribution in [0.4, 0.5) is 0 Å². The number of ether oxygens (including phenoxy) is 3. The number of hydrogen-bond donors (Lipinski definition) is 1. The molecule has 0 aromatic carbocycles. The van der Waals surface area contributed by atoms with Gasteiger partial charge < -0.3 is 19.5 Å². The van der Waals surface area contributed by atoms with Gasteiger partial charge in [-0.05, 0) is 6.92 Å². The van der Waals surface area contributed by atoms with E-state index < -0.39 is 12.0 Å². The van der Waals surface area contributed by atoms with E-state index in [9.17, 15) is 9.59 Å². The van der Waals surface area contributed by atoms with Crippen LogP contribution < -0.4 is 5.32 Å². The second-order valence-corrected chi connectivity index (χ2v) is 3.28. The molecule has 0 aromatic rings. The predicted octanol–water partition coefficient (Wildman–Crippen LogP) is -0.920. The average molecular weight is 217 g/mol. The fourth-order valence-corrected chi connectivity index (χ4v) is 0.966. The van der Waals surface area contributed by atoms with E-state index in [1.165, 1.54) is 7.11 Å². The second-order valence-electron chi connectivity index (χ2n) is 3.28. The maximum atomic E-state index is 11.2. The Hall–Kier alpha value is -1.14. The minimum absolute atomic E-state index is 0.0683. The van der Waals surface area contributed by atoms with Gasteiger partial charge in [0.05, 0.1) is 20.3 Å². The highest BCUT2D eigenvalue weighted by molar-refractivity contribution is 5.84. The summed E-state index contributed by atoms with van der Waals surface area (Å²) in [6, 6.07) is -0.650. The first-order chi connectivity index (χ1) is 7.13. The fourth-order valence-electron chi connectivity index (χ4n) is 0.966. The minimum Gasteiger partial charge on any atom is -0.467 e. The predicted molar refractivity (Wildman–Crippen MR) is 50.2 cm³/mol. The number of rotatable bonds is 6. The molecule has 1 fully saturated rings. The van der Waals surface area contributed by atoms with Crippen molar-refractivity contribution >= 4 is 11.9 Å². The van der Waals surface area contributed by atoms with Crippen molar-refractivity contribution in [2.24, 2.45) is 0 Å². The second kappa shape index (κ2) is 5.67. The van der Waals surface area contributed by atoms with Gasteiger partial charge in [-0.2, -0.15) is 0 Å². The Kier molecular flexibility index (Phi) is 4.51. The van der Waals surface area contributed by atoms with Crippen molar-refractivity contribution in [3.05, 3.63) is 0 Å². The van der Waals surface area contributed by atoms with Gasteiger partial charge in [-0.1, -0.05) is 0 Å². The molecule has 1 aliphatic heterocycles. The number of esters is 1. The Morgan fingerprint density at radius 3 is 2.80 bits per heavy atom. The molecule has 15 heavy (non-hydrogen) atoms. The van der Waals surface area contributed by atoms with Crippen molar-refractivity contribution < 1.29 is 23.8 Å². The summed E-state index contributed by atoms with van der Waals surface area (Å²) in [5.74, 6) is -0.817. The molecular weight excluding hydrogens is 202 g/mol. The summed E-state index contributed by atoms with van der Waals surface area (Å²) < 4.78 is 14.4. The lowest BCUT2D eigenvalue weighted by Crippen LogP contribution is -2.41. The summed E-state index contributed by atoms with van der Waals surface area (Å²) in [5, 5.41) is 2.45. The number of carbonyl (C=O) groups is 2. The third kappa shape index (κ3) is 4.75. The molecule has 1 N–H and O–H groups in total. The van der Waals surface area contributed by atoms with Crippen LogP contribution in [0.2, 0.25) is 0 Å². The lowest BCUT2D eigenvalue weighted by atomic mass is 10.3. The number of hydrogen-bond acceptors (Lipinski definition) is 5. The number of epoxide rings is 1. The molecular formula is C9H15NO5. The standard InChI is InChI=1S/C9H15NO5/c1-6(9(12)13-2)10-8(11)5-14-3-7-4-15-7/h6-7H,3-5H2,1-2H3,(H,10,11)/t6-,7?/m0/s1. The van der Waals surface area contributed by atoms with Crippen LogP contribution in [-0.4, -0.2) is 51.0 Å². The van der Waals surface area contributed by atoms with Crippen LogP contribution in [-0.2, 0) is 23.8 Å². The zero-order chi connectivity index (χ0) is 11.3. The van der Waals surface area contributed by atoms with Crippen LogP contribution in [0, 0.1) is 0 Å². The van der Waals surface area contributed by atoms with E-state index >= 15 is 0 Å². The van der Waals surface area contributed by atoms with E-state index in [2.05, 4.69) is 10.1 Å². The first-order valence-corrected chi connectivity index (χ1v) is 4.70. The molecule has 1 saturated heterocycles. The number of carbonyl (C=O) groups excluding carboxylic acids is 2. The molecule has 1 heterocycles. The van der Waals surface area contributed by atoms with Gasteiger partial charge in [-0.3, -0.25) is 4.79 Å². The largest absolute Gasteiger partial charge is 0.467 e. The van der Waals surface area contributed by atoms with Crippen LogP contribution in [0.1, 0.15) is 6.92 Å². The Morgan fingerprint density at radius 1 is 1.60 bits per heavy atom. The molecule has 6 heteroatoms. The summed E-state index contributed by atoms with van der Waals surface area (Å²) in [4.78, 5) is 22.1. The van der Waals surface area contributed by atoms with Gasteiger partial charge >= 0.3 is 5.97 Å². The maximum absolute atomic E-state index is 11.2. The van der Waals surface area contributed by atoms with E-state index in [1.54, 1.807) is 6.92 Å². The molecule has 0 radical (unpaired) electrons. The summed E-state index contributed by atoms with van der Waals surface area (Å²) >= 11 is 0. The Morgan fingerprint density at radius 2 is 2.27 bits per heavy atom. The normalized spacial score (nSPS) is 20.5. The van der Waals surface area contributed by atoms with Crippen molar-refractivity contribution in [2.45, 2.75) is 19.1 Å². The van der Waals surface area contributed by atoms with Crippen LogP contribution in [0.5, 0.6) is 0 Å². The Bertz CT molecular complexity index is 239. The first-order valence-electron chi connectivity index (χ1n) is 4.70. The fraction of sp³-hybridized carbons (Fsp3) is 0.778. The molecule has 0 bridgehead atoms. The number of methoxy groups -OCH3 is 1. The van der Waals surface area contributed by atoms with Gasteiger partial charge in [-0.15, -0.1) is 0 Å². The van der Waals surface area contributed by atoms with Crippen molar-refractivity contribution in [3.8, 4) is 0 Å². The highest BCUT2D eigenvalue weighted by Crippen LogP contribution is 2.07. The van der Waals surface area contributed by atoms with Gasteiger partial charge in [0, 0.05) is 0 Å². The number of nitrogens with one attached hydrogen (secondary N) is 1. The van der Waals surface area contributed by atoms with Crippen molar-refractivity contribution in [1.29, 1.82) is 0 Å². The molecule has 0 aromatic heterocycles. The first kappa shape index (κ1) is 11.9. The van der Waals surface area contributed by atoms with Crippen LogP contribution >= 0.6 is 0 Å². The summed E-state index contributed by atoms with van der Waals surface area (Å²) in [6.07, 6.45) is 0.135. The van der Waals surface area contributed by atoms with Crippen LogP contribution in [0.25, 0.3) is 0 Å². The molecule has 2 atom stereocenters. The summed E-state index contributed by atoms with van der Waals surface area (Å²) in [5.41, 5.74) is 0. The molecule has 1 amide bonds. The van der Waals surface area contributed by atoms with Crippen LogP contribution in [0.15, 0.2) is 0 Å². The molecule has 1 unspecified atom stereocenters. The summed E-state index contributed by atoms with van der Waals surface area (Å²) in [6.45, 7) is 2.59. The van der Waals surface area contributed by atoms with Gasteiger partial charge in [0.2, 0.25) is 5.91 Å². The molecule has 1 aliphatic rings. The van der Waals surface area contributed by atoms with E-state index in [4.69, 9.17) is 9.47 Å². The van der Waals surface area contributed by atoms with E-state index in [-0.39, 0.29) is 18.6 Å². The quantitative estimate of drug-likeness (QED) is 0.460. The Labute approximate surface area is 87.9 Å². The maximum Gasteiger partial charge on any atom is 0.328 e. The highest BCUT2D eigenvalue weighted by atomic mass is 16.6. The van der Waals surface area contributed by atoms with Crippen molar-refractivity contribution in [3.63, 3.8) is 0 Å². The average Bonchev–Trinajstić information content (AvgIpc) is 3.00. The smallest absolute Gasteiger partial charge is 0.328 e.